The highest BCUT2D eigenvalue weighted by molar-refractivity contribution is 5.91. The fourth-order valence-electron chi connectivity index (χ4n) is 3.68. The molecular formula is C24H26O6. The molecule has 2 aromatic carbocycles. The Labute approximate surface area is 176 Å². The standard InChI is InChI=1S/C24H26O6/c1-16-2-4-17(5-3-16)18-6-10-20(11-7-18)29-23(25)19-8-12-21(13-9-19)30-24(26)28-15-22-14-27-22/h6-13,16-17,22H,2-5,14-15H2,1H3. The number of esters is 1. The van der Waals surface area contributed by atoms with Crippen LogP contribution in [0.3, 0.4) is 0 Å². The lowest BCUT2D eigenvalue weighted by molar-refractivity contribution is 0.0734. The third kappa shape index (κ3) is 5.60. The average molecular weight is 410 g/mol. The highest BCUT2D eigenvalue weighted by atomic mass is 16.7. The summed E-state index contributed by atoms with van der Waals surface area (Å²) < 4.78 is 20.4. The number of hydrogen-bond donors (Lipinski definition) is 0. The van der Waals surface area contributed by atoms with Crippen LogP contribution in [0.2, 0.25) is 0 Å². The molecule has 158 valence electrons. The lowest BCUT2D eigenvalue weighted by atomic mass is 9.79. The average Bonchev–Trinajstić information content (AvgIpc) is 3.59. The number of carbonyl (C=O) groups excluding carboxylic acids is 2. The van der Waals surface area contributed by atoms with Gasteiger partial charge in [-0.15, -0.1) is 0 Å². The van der Waals surface area contributed by atoms with Crippen molar-refractivity contribution in [1.82, 2.24) is 0 Å². The largest absolute Gasteiger partial charge is 0.513 e. The van der Waals surface area contributed by atoms with Gasteiger partial charge in [-0.1, -0.05) is 31.9 Å². The summed E-state index contributed by atoms with van der Waals surface area (Å²) in [6.07, 6.45) is 4.16. The van der Waals surface area contributed by atoms with Gasteiger partial charge in [0.05, 0.1) is 12.2 Å². The second-order valence-corrected chi connectivity index (χ2v) is 8.06. The maximum atomic E-state index is 12.4. The maximum Gasteiger partial charge on any atom is 0.513 e. The molecule has 2 fully saturated rings. The van der Waals surface area contributed by atoms with Crippen molar-refractivity contribution in [2.75, 3.05) is 13.2 Å². The molecule has 30 heavy (non-hydrogen) atoms. The second-order valence-electron chi connectivity index (χ2n) is 8.06. The minimum atomic E-state index is -0.798. The van der Waals surface area contributed by atoms with Crippen LogP contribution in [0, 0.1) is 5.92 Å². The number of ether oxygens (including phenoxy) is 4. The van der Waals surface area contributed by atoms with E-state index in [-0.39, 0.29) is 12.7 Å². The molecule has 1 aliphatic carbocycles. The van der Waals surface area contributed by atoms with Crippen molar-refractivity contribution in [3.05, 3.63) is 59.7 Å². The molecule has 2 aliphatic rings. The van der Waals surface area contributed by atoms with Gasteiger partial charge in [0.1, 0.15) is 24.2 Å². The molecule has 6 heteroatoms. The Morgan fingerprint density at radius 1 is 0.900 bits per heavy atom. The van der Waals surface area contributed by atoms with E-state index in [2.05, 4.69) is 19.1 Å². The number of epoxide rings is 1. The first-order valence-electron chi connectivity index (χ1n) is 10.5. The van der Waals surface area contributed by atoms with E-state index < -0.39 is 12.1 Å². The molecule has 0 aromatic heterocycles. The van der Waals surface area contributed by atoms with Gasteiger partial charge in [0.15, 0.2) is 0 Å². The second kappa shape index (κ2) is 9.30. The lowest BCUT2D eigenvalue weighted by Crippen LogP contribution is -2.14. The van der Waals surface area contributed by atoms with Gasteiger partial charge in [0.2, 0.25) is 0 Å². The topological polar surface area (TPSA) is 74.4 Å². The van der Waals surface area contributed by atoms with E-state index in [0.717, 1.165) is 5.92 Å². The SMILES string of the molecule is CC1CCC(c2ccc(OC(=O)c3ccc(OC(=O)OCC4CO4)cc3)cc2)CC1. The quantitative estimate of drug-likeness (QED) is 0.285. The molecule has 4 rings (SSSR count). The first-order valence-corrected chi connectivity index (χ1v) is 10.5. The summed E-state index contributed by atoms with van der Waals surface area (Å²) in [5, 5.41) is 0. The molecule has 0 spiro atoms. The first kappa shape index (κ1) is 20.4. The van der Waals surface area contributed by atoms with Crippen LogP contribution in [0.4, 0.5) is 4.79 Å². The third-order valence-electron chi connectivity index (χ3n) is 5.66. The van der Waals surface area contributed by atoms with Crippen molar-refractivity contribution in [2.24, 2.45) is 5.92 Å². The van der Waals surface area contributed by atoms with E-state index in [1.54, 1.807) is 12.1 Å². The smallest absolute Gasteiger partial charge is 0.431 e. The summed E-state index contributed by atoms with van der Waals surface area (Å²) in [5.74, 6) is 1.76. The summed E-state index contributed by atoms with van der Waals surface area (Å²) >= 11 is 0. The van der Waals surface area contributed by atoms with Crippen LogP contribution in [-0.2, 0) is 9.47 Å². The molecule has 0 amide bonds. The number of hydrogen-bond acceptors (Lipinski definition) is 6. The molecule has 0 N–H and O–H groups in total. The van der Waals surface area contributed by atoms with Gasteiger partial charge in [-0.05, 0) is 66.6 Å². The Morgan fingerprint density at radius 3 is 2.13 bits per heavy atom. The van der Waals surface area contributed by atoms with Gasteiger partial charge >= 0.3 is 12.1 Å². The van der Waals surface area contributed by atoms with Crippen LogP contribution in [0.25, 0.3) is 0 Å². The van der Waals surface area contributed by atoms with Crippen LogP contribution in [0.5, 0.6) is 11.5 Å². The van der Waals surface area contributed by atoms with Crippen molar-refractivity contribution >= 4 is 12.1 Å². The summed E-state index contributed by atoms with van der Waals surface area (Å²) in [6.45, 7) is 3.10. The van der Waals surface area contributed by atoms with Crippen LogP contribution in [0.15, 0.2) is 48.5 Å². The van der Waals surface area contributed by atoms with Crippen molar-refractivity contribution in [3.63, 3.8) is 0 Å². The number of carbonyl (C=O) groups is 2. The zero-order valence-corrected chi connectivity index (χ0v) is 17.0. The molecule has 0 bridgehead atoms. The van der Waals surface area contributed by atoms with Crippen molar-refractivity contribution in [3.8, 4) is 11.5 Å². The zero-order valence-electron chi connectivity index (χ0n) is 17.0. The van der Waals surface area contributed by atoms with E-state index in [9.17, 15) is 9.59 Å². The van der Waals surface area contributed by atoms with Crippen LogP contribution in [-0.4, -0.2) is 31.4 Å². The molecule has 1 saturated carbocycles. The Bertz CT molecular complexity index is 862. The molecule has 6 nitrogen and oxygen atoms in total. The Hall–Kier alpha value is -2.86. The molecule has 1 aliphatic heterocycles. The van der Waals surface area contributed by atoms with Crippen LogP contribution < -0.4 is 9.47 Å². The Kier molecular flexibility index (Phi) is 6.33. The van der Waals surface area contributed by atoms with Gasteiger partial charge in [0, 0.05) is 0 Å². The molecular weight excluding hydrogens is 384 g/mol. The predicted molar refractivity (Wildman–Crippen MR) is 110 cm³/mol. The van der Waals surface area contributed by atoms with Gasteiger partial charge in [-0.2, -0.15) is 0 Å². The zero-order chi connectivity index (χ0) is 20.9. The third-order valence-corrected chi connectivity index (χ3v) is 5.66. The van der Waals surface area contributed by atoms with Gasteiger partial charge in [-0.25, -0.2) is 9.59 Å². The highest BCUT2D eigenvalue weighted by Crippen LogP contribution is 2.36. The van der Waals surface area contributed by atoms with E-state index in [0.29, 0.717) is 29.6 Å². The van der Waals surface area contributed by atoms with E-state index in [4.69, 9.17) is 18.9 Å². The van der Waals surface area contributed by atoms with Gasteiger partial charge < -0.3 is 18.9 Å². The maximum absolute atomic E-state index is 12.4. The van der Waals surface area contributed by atoms with E-state index in [1.807, 2.05) is 12.1 Å². The summed E-state index contributed by atoms with van der Waals surface area (Å²) in [6, 6.07) is 14.0. The van der Waals surface area contributed by atoms with E-state index in [1.165, 1.54) is 43.4 Å². The fourth-order valence-corrected chi connectivity index (χ4v) is 3.68. The van der Waals surface area contributed by atoms with Crippen molar-refractivity contribution in [2.45, 2.75) is 44.6 Å². The minimum absolute atomic E-state index is 0.0184. The number of rotatable bonds is 6. The summed E-state index contributed by atoms with van der Waals surface area (Å²) in [4.78, 5) is 24.0. The summed E-state index contributed by atoms with van der Waals surface area (Å²) in [7, 11) is 0. The molecule has 1 saturated heterocycles. The van der Waals surface area contributed by atoms with Crippen molar-refractivity contribution < 1.29 is 28.5 Å². The number of benzene rings is 2. The predicted octanol–water partition coefficient (Wildman–Crippen LogP) is 5.11. The van der Waals surface area contributed by atoms with Gasteiger partial charge in [-0.3, -0.25) is 0 Å². The lowest BCUT2D eigenvalue weighted by Gasteiger charge is -2.26. The normalized spacial score (nSPS) is 22.8. The van der Waals surface area contributed by atoms with Gasteiger partial charge in [0.25, 0.3) is 0 Å². The first-order chi connectivity index (χ1) is 14.6. The Balaban J connectivity index is 1.28. The fraction of sp³-hybridized carbons (Fsp3) is 0.417. The van der Waals surface area contributed by atoms with Crippen LogP contribution in [0.1, 0.15) is 54.4 Å². The van der Waals surface area contributed by atoms with Crippen molar-refractivity contribution in [1.29, 1.82) is 0 Å². The van der Waals surface area contributed by atoms with E-state index >= 15 is 0 Å². The molecule has 1 unspecified atom stereocenters. The monoisotopic (exact) mass is 410 g/mol. The molecule has 1 atom stereocenters. The summed E-state index contributed by atoms with van der Waals surface area (Å²) in [5.41, 5.74) is 1.68. The molecule has 1 heterocycles. The highest BCUT2D eigenvalue weighted by Gasteiger charge is 2.25. The minimum Gasteiger partial charge on any atom is -0.431 e. The Morgan fingerprint density at radius 2 is 1.50 bits per heavy atom. The van der Waals surface area contributed by atoms with Crippen LogP contribution >= 0.6 is 0 Å². The molecule has 2 aromatic rings. The molecule has 0 radical (unpaired) electrons.